The molecule has 4 rings (SSSR count). The minimum absolute atomic E-state index is 0.358. The van der Waals surface area contributed by atoms with Crippen molar-refractivity contribution < 1.29 is 25.3 Å². The predicted molar refractivity (Wildman–Crippen MR) is 188 cm³/mol. The van der Waals surface area contributed by atoms with Crippen LogP contribution in [-0.4, -0.2) is 133 Å². The van der Waals surface area contributed by atoms with E-state index in [0.717, 1.165) is 88.2 Å². The number of thiol groups is 2. The van der Waals surface area contributed by atoms with Gasteiger partial charge in [0, 0.05) is 75.4 Å². The fourth-order valence-electron chi connectivity index (χ4n) is 4.04. The first-order valence-electron chi connectivity index (χ1n) is 12.3. The molecular formula is C18H32MoN10O2S10. The van der Waals surface area contributed by atoms with Crippen LogP contribution in [-0.2, 0) is 50.5 Å². The van der Waals surface area contributed by atoms with E-state index < -0.39 is 18.5 Å². The van der Waals surface area contributed by atoms with Crippen LogP contribution >= 0.6 is 97.7 Å². The molecule has 0 spiro atoms. The van der Waals surface area contributed by atoms with Crippen molar-refractivity contribution in [3.8, 4) is 0 Å². The van der Waals surface area contributed by atoms with Crippen molar-refractivity contribution in [3.05, 3.63) is 0 Å². The third-order valence-electron chi connectivity index (χ3n) is 5.68. The van der Waals surface area contributed by atoms with Crippen molar-refractivity contribution >= 4 is 140 Å². The Hall–Kier alpha value is 1.45. The van der Waals surface area contributed by atoms with Gasteiger partial charge in [-0.05, 0) is 45.9 Å². The van der Waals surface area contributed by atoms with Crippen LogP contribution < -0.4 is 10.9 Å². The normalized spacial score (nSPS) is 20.0. The summed E-state index contributed by atoms with van der Waals surface area (Å²) in [7, 11) is 0. The fourth-order valence-corrected chi connectivity index (χ4v) is 7.32. The molecule has 0 aromatic rings. The molecule has 0 atom stereocenters. The number of nitrogens with zero attached hydrogens (tertiary/aromatic N) is 8. The summed E-state index contributed by atoms with van der Waals surface area (Å²) >= 11 is 41.9. The number of hydrazine groups is 8. The Bertz CT molecular complexity index is 849. The molecule has 0 bridgehead atoms. The molecule has 4 aliphatic rings. The third-order valence-corrected chi connectivity index (χ3v) is 8.90. The van der Waals surface area contributed by atoms with Crippen LogP contribution in [0.5, 0.6) is 0 Å². The summed E-state index contributed by atoms with van der Waals surface area (Å²) in [5, 5.41) is 15.2. The molecule has 0 saturated carbocycles. The molecule has 2 N–H and O–H groups in total. The van der Waals surface area contributed by atoms with Gasteiger partial charge in [-0.1, -0.05) is 0 Å². The van der Waals surface area contributed by atoms with Gasteiger partial charge >= 0.3 is 25.3 Å². The van der Waals surface area contributed by atoms with Gasteiger partial charge in [0.15, 0.2) is 8.64 Å². The van der Waals surface area contributed by atoms with Gasteiger partial charge in [-0.2, -0.15) is 33.8 Å². The van der Waals surface area contributed by atoms with Crippen molar-refractivity contribution in [1.29, 1.82) is 0 Å². The molecule has 4 aliphatic heterocycles. The fraction of sp³-hybridized carbons (Fsp3) is 0.778. The first kappa shape index (κ1) is 38.6. The molecule has 23 heteroatoms. The number of rotatable bonds is 4. The summed E-state index contributed by atoms with van der Waals surface area (Å²) in [6.07, 6.45) is 2.11. The molecule has 4 saturated heterocycles. The second-order valence-electron chi connectivity index (χ2n) is 8.22. The van der Waals surface area contributed by atoms with Crippen LogP contribution in [0.4, 0.5) is 0 Å². The Morgan fingerprint density at radius 1 is 0.659 bits per heavy atom. The standard InChI is InChI=1S/2C9H17N5S5.Mo.2O/c2*15-8(16)13(11-4-6-19-7-5-11)14(9(17)18)12-3-1-2-10-12;;;/h2*10H,1-7H2,(H,15,16)(H,17,18);;;/q;;+2;;/p-2. The quantitative estimate of drug-likeness (QED) is 0.107. The van der Waals surface area contributed by atoms with Crippen LogP contribution in [0, 0.1) is 0 Å². The predicted octanol–water partition coefficient (Wildman–Crippen LogP) is 1.04. The van der Waals surface area contributed by atoms with Crippen LogP contribution in [0.15, 0.2) is 0 Å². The molecule has 4 heterocycles. The topological polar surface area (TPSA) is 84.1 Å². The van der Waals surface area contributed by atoms with E-state index in [9.17, 15) is 0 Å². The van der Waals surface area contributed by atoms with Gasteiger partial charge in [0.2, 0.25) is 0 Å². The van der Waals surface area contributed by atoms with Gasteiger partial charge in [0.1, 0.15) is 0 Å². The number of hydrogen-bond donors (Lipinski definition) is 4. The van der Waals surface area contributed by atoms with Gasteiger partial charge in [-0.15, -0.1) is 35.5 Å². The number of thioether (sulfide) groups is 2. The van der Waals surface area contributed by atoms with Gasteiger partial charge in [0.05, 0.1) is 0 Å². The molecule has 0 aromatic carbocycles. The average Bonchev–Trinajstić information content (AvgIpc) is 3.66. The first-order valence-corrected chi connectivity index (χ1v) is 19.6. The number of thiocarbonyl (C=S) groups is 4. The van der Waals surface area contributed by atoms with Gasteiger partial charge in [-0.3, -0.25) is 0 Å². The summed E-state index contributed by atoms with van der Waals surface area (Å²) in [6, 6.07) is 0. The summed E-state index contributed by atoms with van der Waals surface area (Å²) < 4.78 is 18.6. The van der Waals surface area contributed by atoms with Crippen molar-refractivity contribution in [2.24, 2.45) is 0 Å². The molecule has 12 nitrogen and oxygen atoms in total. The van der Waals surface area contributed by atoms with Crippen LogP contribution in [0.2, 0.25) is 0 Å². The molecular weight excluding hydrogens is 805 g/mol. The number of hydrogen-bond acceptors (Lipinski definition) is 16. The summed E-state index contributed by atoms with van der Waals surface area (Å²) in [6.45, 7) is 7.17. The van der Waals surface area contributed by atoms with E-state index in [4.69, 9.17) is 80.9 Å². The molecule has 0 unspecified atom stereocenters. The molecule has 0 aromatic heterocycles. The molecule has 0 amide bonds. The molecule has 4 fully saturated rings. The Balaban J connectivity index is 0.000000262. The maximum atomic E-state index is 8.50. The Labute approximate surface area is 302 Å². The van der Waals surface area contributed by atoms with Crippen LogP contribution in [0.3, 0.4) is 0 Å². The average molecular weight is 837 g/mol. The van der Waals surface area contributed by atoms with E-state index in [2.05, 4.69) is 46.1 Å². The van der Waals surface area contributed by atoms with Crippen LogP contribution in [0.1, 0.15) is 12.8 Å². The van der Waals surface area contributed by atoms with Crippen molar-refractivity contribution in [3.63, 3.8) is 0 Å². The first-order chi connectivity index (χ1) is 19.6. The van der Waals surface area contributed by atoms with Crippen LogP contribution in [0.25, 0.3) is 0 Å². The third kappa shape index (κ3) is 12.6. The summed E-state index contributed by atoms with van der Waals surface area (Å²) in [4.78, 5) is 0. The van der Waals surface area contributed by atoms with Crippen molar-refractivity contribution in [2.45, 2.75) is 12.8 Å². The SMILES string of the molecule is S=C([S-])N(N1CCSCC1)N(C(=S)S)N1CCCN1.S=C([S-])N(N1CCSCC1)N(C(=S)S)N1CCCN1.[O]=[Mo+2]=[O]. The van der Waals surface area contributed by atoms with E-state index >= 15 is 0 Å². The molecule has 0 radical (unpaired) electrons. The second kappa shape index (κ2) is 21.3. The second-order valence-corrected chi connectivity index (χ2v) is 15.3. The molecule has 232 valence electrons. The van der Waals surface area contributed by atoms with E-state index in [0.29, 0.717) is 17.3 Å². The molecule has 0 aliphatic carbocycles. The summed E-state index contributed by atoms with van der Waals surface area (Å²) in [5.74, 6) is 4.26. The Kier molecular flexibility index (Phi) is 20.1. The minimum atomic E-state index is -2.03. The Morgan fingerprint density at radius 3 is 1.20 bits per heavy atom. The molecule has 41 heavy (non-hydrogen) atoms. The zero-order valence-electron chi connectivity index (χ0n) is 21.9. The number of nitrogens with one attached hydrogen (secondary N) is 2. The Morgan fingerprint density at radius 2 is 0.976 bits per heavy atom. The zero-order valence-corrected chi connectivity index (χ0v) is 32.2. The maximum absolute atomic E-state index is 8.50. The van der Waals surface area contributed by atoms with E-state index in [-0.39, 0.29) is 0 Å². The van der Waals surface area contributed by atoms with Gasteiger partial charge in [0.25, 0.3) is 0 Å². The van der Waals surface area contributed by atoms with Gasteiger partial charge < -0.3 is 49.7 Å². The van der Waals surface area contributed by atoms with E-state index in [1.165, 1.54) is 0 Å². The van der Waals surface area contributed by atoms with Crippen molar-refractivity contribution in [2.75, 3.05) is 75.4 Å². The van der Waals surface area contributed by atoms with Gasteiger partial charge in [-0.25, -0.2) is 31.1 Å². The van der Waals surface area contributed by atoms with Crippen molar-refractivity contribution in [1.82, 2.24) is 51.6 Å². The summed E-state index contributed by atoms with van der Waals surface area (Å²) in [5.41, 5.74) is 6.51. The zero-order chi connectivity index (χ0) is 30.4. The van der Waals surface area contributed by atoms with E-state index in [1.807, 2.05) is 33.8 Å². The van der Waals surface area contributed by atoms with E-state index in [1.54, 1.807) is 20.5 Å². The monoisotopic (exact) mass is 838 g/mol.